The molecular weight excluding hydrogens is 1160 g/mol. The van der Waals surface area contributed by atoms with Crippen molar-refractivity contribution in [3.05, 3.63) is 103 Å². The van der Waals surface area contributed by atoms with Gasteiger partial charge in [-0.15, -0.1) is 0 Å². The number of aliphatic carboxylic acids is 1. The van der Waals surface area contributed by atoms with Crippen molar-refractivity contribution in [3.8, 4) is 0 Å². The molecule has 19 nitrogen and oxygen atoms in total. The van der Waals surface area contributed by atoms with E-state index in [0.29, 0.717) is 54.0 Å². The smallest absolute Gasteiger partial charge is 0.303 e. The molecule has 2 saturated heterocycles. The number of nitrogens with zero attached hydrogens (tertiary/aromatic N) is 6. The molecule has 436 valence electrons. The van der Waals surface area contributed by atoms with Gasteiger partial charge in [-0.05, 0) is 132 Å². The van der Waals surface area contributed by atoms with Crippen molar-refractivity contribution in [3.63, 3.8) is 0 Å². The van der Waals surface area contributed by atoms with Gasteiger partial charge in [-0.25, -0.2) is 28.1 Å². The van der Waals surface area contributed by atoms with Crippen molar-refractivity contribution in [2.24, 2.45) is 5.73 Å². The van der Waals surface area contributed by atoms with E-state index in [1.807, 2.05) is 28.7 Å². The van der Waals surface area contributed by atoms with Gasteiger partial charge in [-0.2, -0.15) is 10.2 Å². The van der Waals surface area contributed by atoms with Crippen molar-refractivity contribution >= 4 is 89.0 Å². The van der Waals surface area contributed by atoms with Crippen LogP contribution in [0.2, 0.25) is 0 Å². The number of aryl methyl sites for hydroxylation is 4. The SMILES string of the molecule is C.CCc1nc2c(cnn2CC)c(NC2CCOCC2)c1CN.CCc1nc2c(cnn2CC)c(NC2CCOCC2)c1CNC(=O)CCCC(=O)NCc1ccc(F)c(Br)c1.O=C(O)CCCC(=O)NCc1ccc(F)c(Br)c1. The Balaban J connectivity index is 0.000000242. The van der Waals surface area contributed by atoms with Crippen LogP contribution in [0.1, 0.15) is 133 Å². The van der Waals surface area contributed by atoms with E-state index in [1.54, 1.807) is 24.3 Å². The molecule has 0 saturated carbocycles. The van der Waals surface area contributed by atoms with Crippen molar-refractivity contribution in [2.75, 3.05) is 37.1 Å². The van der Waals surface area contributed by atoms with Crippen LogP contribution in [-0.4, -0.2) is 96.8 Å². The van der Waals surface area contributed by atoms with Gasteiger partial charge >= 0.3 is 5.97 Å². The highest BCUT2D eigenvalue weighted by Gasteiger charge is 2.24. The first kappa shape index (κ1) is 64.7. The van der Waals surface area contributed by atoms with Gasteiger partial charge in [0, 0.05) is 126 Å². The highest BCUT2D eigenvalue weighted by Crippen LogP contribution is 2.33. The number of aromatic nitrogens is 6. The van der Waals surface area contributed by atoms with Gasteiger partial charge in [0.1, 0.15) is 11.6 Å². The Labute approximate surface area is 483 Å². The fourth-order valence-corrected chi connectivity index (χ4v) is 10.0. The summed E-state index contributed by atoms with van der Waals surface area (Å²) in [7, 11) is 0. The number of carbonyl (C=O) groups is 4. The van der Waals surface area contributed by atoms with Gasteiger partial charge < -0.3 is 46.9 Å². The molecular formula is C57H78Br2F2N12O7. The number of fused-ring (bicyclic) bond motifs is 2. The Morgan fingerprint density at radius 3 is 1.43 bits per heavy atom. The molecule has 2 aliphatic rings. The van der Waals surface area contributed by atoms with Gasteiger partial charge in [0.2, 0.25) is 17.7 Å². The molecule has 0 unspecified atom stereocenters. The zero-order chi connectivity index (χ0) is 56.8. The third kappa shape index (κ3) is 18.7. The predicted octanol–water partition coefficient (Wildman–Crippen LogP) is 9.77. The van der Waals surface area contributed by atoms with Crippen LogP contribution in [0.4, 0.5) is 20.2 Å². The Morgan fingerprint density at radius 1 is 0.637 bits per heavy atom. The second kappa shape index (κ2) is 32.9. The van der Waals surface area contributed by atoms with Gasteiger partial charge in [-0.3, -0.25) is 19.2 Å². The molecule has 8 rings (SSSR count). The van der Waals surface area contributed by atoms with Gasteiger partial charge in [-0.1, -0.05) is 33.4 Å². The van der Waals surface area contributed by atoms with Crippen LogP contribution in [0.5, 0.6) is 0 Å². The predicted molar refractivity (Wildman–Crippen MR) is 314 cm³/mol. The standard InChI is InChI=1S/C28H36BrFN6O3.C16H25N5O.C12H13BrFNO3.CH4/c1-3-24-20(27(34-19-10-12-39-13-11-19)21-17-33-36(4-2)28(21)35-24)16-32-26(38)7-5-6-25(37)31-15-18-8-9-23(30)22(29)14-18;1-3-14-12(9-17)15(19-11-5-7-22-8-6-11)13-10-18-21(4-2)16(13)20-14;13-9-6-8(4-5-10(9)14)7-15-11(16)2-1-3-12(17)18;/h8-9,14,17,19H,3-7,10-13,15-16H2,1-2H3,(H,31,37)(H,32,38)(H,34,35);10-11H,3-9,17H2,1-2H3,(H,19,20);4-6H,1-3,7H2,(H,15,16)(H,17,18);1H4. The third-order valence-electron chi connectivity index (χ3n) is 13.6. The first-order valence-electron chi connectivity index (χ1n) is 27.2. The van der Waals surface area contributed by atoms with Crippen molar-refractivity contribution in [1.29, 1.82) is 0 Å². The lowest BCUT2D eigenvalue weighted by molar-refractivity contribution is -0.137. The maximum Gasteiger partial charge on any atom is 0.303 e. The van der Waals surface area contributed by atoms with E-state index < -0.39 is 5.97 Å². The second-order valence-corrected chi connectivity index (χ2v) is 20.8. The summed E-state index contributed by atoms with van der Waals surface area (Å²) in [5, 5.41) is 35.4. The minimum Gasteiger partial charge on any atom is -0.481 e. The van der Waals surface area contributed by atoms with Crippen molar-refractivity contribution < 1.29 is 42.5 Å². The zero-order valence-electron chi connectivity index (χ0n) is 45.5. The summed E-state index contributed by atoms with van der Waals surface area (Å²) in [6.07, 6.45) is 10.6. The summed E-state index contributed by atoms with van der Waals surface area (Å²) in [6, 6.07) is 9.82. The van der Waals surface area contributed by atoms with E-state index in [-0.39, 0.29) is 68.5 Å². The molecule has 23 heteroatoms. The molecule has 3 amide bonds. The first-order valence-corrected chi connectivity index (χ1v) is 28.8. The Kier molecular flexibility index (Phi) is 26.6. The lowest BCUT2D eigenvalue weighted by atomic mass is 10.0. The molecule has 0 aliphatic carbocycles. The number of halogens is 4. The molecule has 8 N–H and O–H groups in total. The summed E-state index contributed by atoms with van der Waals surface area (Å²) in [5.41, 5.74) is 15.6. The first-order chi connectivity index (χ1) is 38.2. The topological polar surface area (TPSA) is 255 Å². The van der Waals surface area contributed by atoms with Gasteiger partial charge in [0.15, 0.2) is 11.3 Å². The molecule has 0 radical (unpaired) electrons. The van der Waals surface area contributed by atoms with E-state index >= 15 is 0 Å². The Hall–Kier alpha value is -6.14. The number of hydrogen-bond acceptors (Lipinski definition) is 13. The molecule has 4 aromatic heterocycles. The number of rotatable bonds is 23. The molecule has 0 bridgehead atoms. The second-order valence-electron chi connectivity index (χ2n) is 19.1. The van der Waals surface area contributed by atoms with Crippen molar-refractivity contribution in [1.82, 2.24) is 45.5 Å². The van der Waals surface area contributed by atoms with Crippen LogP contribution in [0.25, 0.3) is 22.1 Å². The average molecular weight is 1240 g/mol. The lowest BCUT2D eigenvalue weighted by Crippen LogP contribution is -2.30. The fraction of sp³-hybridized carbons (Fsp3) is 0.509. The maximum atomic E-state index is 13.4. The number of ether oxygens (including phenoxy) is 2. The number of nitrogens with one attached hydrogen (secondary N) is 5. The number of carboxylic acid groups (broad SMARTS) is 1. The summed E-state index contributed by atoms with van der Waals surface area (Å²) < 4.78 is 41.9. The highest BCUT2D eigenvalue weighted by atomic mass is 79.9. The normalized spacial score (nSPS) is 13.6. The third-order valence-corrected chi connectivity index (χ3v) is 14.8. The van der Waals surface area contributed by atoms with Gasteiger partial charge in [0.05, 0.1) is 43.5 Å². The fourth-order valence-electron chi connectivity index (χ4n) is 9.19. The largest absolute Gasteiger partial charge is 0.481 e. The molecule has 80 heavy (non-hydrogen) atoms. The monoisotopic (exact) mass is 1240 g/mol. The molecule has 6 aromatic rings. The summed E-state index contributed by atoms with van der Waals surface area (Å²) in [5.74, 6) is -2.09. The number of pyridine rings is 2. The van der Waals surface area contributed by atoms with Crippen LogP contribution in [0, 0.1) is 11.6 Å². The van der Waals surface area contributed by atoms with E-state index in [0.717, 1.165) is 145 Å². The highest BCUT2D eigenvalue weighted by molar-refractivity contribution is 9.10. The summed E-state index contributed by atoms with van der Waals surface area (Å²) >= 11 is 6.21. The van der Waals surface area contributed by atoms with Crippen LogP contribution in [-0.2, 0) is 80.8 Å². The molecule has 6 heterocycles. The maximum absolute atomic E-state index is 13.4. The number of carbonyl (C=O) groups excluding carboxylic acids is 3. The quantitative estimate of drug-likeness (QED) is 0.0315. The van der Waals surface area contributed by atoms with Crippen LogP contribution in [0.3, 0.4) is 0 Å². The summed E-state index contributed by atoms with van der Waals surface area (Å²) in [4.78, 5) is 56.3. The summed E-state index contributed by atoms with van der Waals surface area (Å²) in [6.45, 7) is 14.4. The molecule has 2 aromatic carbocycles. The molecule has 0 atom stereocenters. The van der Waals surface area contributed by atoms with Crippen LogP contribution < -0.4 is 32.3 Å². The van der Waals surface area contributed by atoms with E-state index in [2.05, 4.69) is 89.4 Å². The minimum atomic E-state index is -0.912. The lowest BCUT2D eigenvalue weighted by Gasteiger charge is -2.26. The van der Waals surface area contributed by atoms with E-state index in [1.165, 1.54) is 12.1 Å². The van der Waals surface area contributed by atoms with Crippen LogP contribution >= 0.6 is 31.9 Å². The number of hydrogen-bond donors (Lipinski definition) is 7. The minimum absolute atomic E-state index is 0. The number of amides is 3. The Bertz CT molecular complexity index is 3000. The molecule has 2 aliphatic heterocycles. The average Bonchev–Trinajstić information content (AvgIpc) is 4.12. The van der Waals surface area contributed by atoms with Gasteiger partial charge in [0.25, 0.3) is 0 Å². The Morgan fingerprint density at radius 2 is 1.04 bits per heavy atom. The molecule has 0 spiro atoms. The number of benzene rings is 2. The van der Waals surface area contributed by atoms with Crippen LogP contribution in [0.15, 0.2) is 57.7 Å². The van der Waals surface area contributed by atoms with E-state index in [9.17, 15) is 28.0 Å². The number of nitrogens with two attached hydrogens (primary N) is 1. The number of anilines is 2. The number of carboxylic acids is 1. The molecule has 2 fully saturated rings. The van der Waals surface area contributed by atoms with E-state index in [4.69, 9.17) is 30.3 Å². The van der Waals surface area contributed by atoms with Crippen molar-refractivity contribution in [2.45, 2.75) is 164 Å². The zero-order valence-corrected chi connectivity index (χ0v) is 48.7.